The van der Waals surface area contributed by atoms with Crippen molar-refractivity contribution < 1.29 is 9.90 Å². The van der Waals surface area contributed by atoms with E-state index in [-0.39, 0.29) is 0 Å². The number of nitrogen functional groups attached to an aromatic ring is 1. The Morgan fingerprint density at radius 3 is 2.77 bits per heavy atom. The maximum absolute atomic E-state index is 10.7. The maximum Gasteiger partial charge on any atom is 0.346 e. The molecule has 0 atom stereocenters. The Kier molecular flexibility index (Phi) is 1.74. The van der Waals surface area contributed by atoms with E-state index in [2.05, 4.69) is 4.98 Å². The molecule has 0 saturated heterocycles. The number of carboxylic acid groups (broad SMARTS) is 1. The first-order valence-electron chi connectivity index (χ1n) is 3.48. The third-order valence-corrected chi connectivity index (χ3v) is 3.99. The second-order valence-electron chi connectivity index (χ2n) is 2.55. The van der Waals surface area contributed by atoms with Gasteiger partial charge in [0.2, 0.25) is 0 Å². The van der Waals surface area contributed by atoms with E-state index in [1.54, 1.807) is 6.92 Å². The van der Waals surface area contributed by atoms with E-state index in [1.165, 1.54) is 22.7 Å². The largest absolute Gasteiger partial charge is 0.477 e. The molecule has 0 radical (unpaired) electrons. The van der Waals surface area contributed by atoms with E-state index >= 15 is 0 Å². The molecule has 4 nitrogen and oxygen atoms in total. The summed E-state index contributed by atoms with van der Waals surface area (Å²) in [6.07, 6.45) is 0. The molecular weight excluding hydrogens is 208 g/mol. The van der Waals surface area contributed by atoms with Crippen molar-refractivity contribution in [1.82, 2.24) is 4.98 Å². The zero-order chi connectivity index (χ0) is 9.59. The lowest BCUT2D eigenvalue weighted by Gasteiger charge is -1.88. The number of thiazole rings is 1. The molecule has 0 unspecified atom stereocenters. The molecular formula is C7H6N2O2S2. The molecule has 0 fully saturated rings. The third kappa shape index (κ3) is 1.18. The molecule has 0 bridgehead atoms. The fraction of sp³-hybridized carbons (Fsp3) is 0.143. The minimum absolute atomic E-state index is 0.355. The van der Waals surface area contributed by atoms with Gasteiger partial charge in [0.15, 0.2) is 5.13 Å². The van der Waals surface area contributed by atoms with E-state index in [9.17, 15) is 4.79 Å². The lowest BCUT2D eigenvalue weighted by molar-refractivity contribution is 0.0701. The van der Waals surface area contributed by atoms with Gasteiger partial charge >= 0.3 is 5.97 Å². The number of thiophene rings is 1. The molecule has 13 heavy (non-hydrogen) atoms. The van der Waals surface area contributed by atoms with Crippen LogP contribution >= 0.6 is 22.7 Å². The van der Waals surface area contributed by atoms with Crippen LogP contribution in [0.5, 0.6) is 0 Å². The van der Waals surface area contributed by atoms with Crippen LogP contribution in [0.25, 0.3) is 9.53 Å². The fourth-order valence-corrected chi connectivity index (χ4v) is 3.14. The quantitative estimate of drug-likeness (QED) is 0.760. The van der Waals surface area contributed by atoms with Crippen molar-refractivity contribution in [2.24, 2.45) is 0 Å². The van der Waals surface area contributed by atoms with Crippen molar-refractivity contribution in [2.45, 2.75) is 6.92 Å². The molecule has 68 valence electrons. The van der Waals surface area contributed by atoms with Gasteiger partial charge in [0.05, 0.1) is 4.70 Å². The van der Waals surface area contributed by atoms with Crippen LogP contribution in [0, 0.1) is 6.92 Å². The highest BCUT2D eigenvalue weighted by atomic mass is 32.1. The van der Waals surface area contributed by atoms with E-state index < -0.39 is 5.97 Å². The SMILES string of the molecule is Cc1c(C(=O)O)sc2nc(N)sc12. The summed E-state index contributed by atoms with van der Waals surface area (Å²) in [5.74, 6) is -0.897. The van der Waals surface area contributed by atoms with Crippen molar-refractivity contribution in [1.29, 1.82) is 0 Å². The van der Waals surface area contributed by atoms with Crippen molar-refractivity contribution in [2.75, 3.05) is 5.73 Å². The number of hydrogen-bond donors (Lipinski definition) is 2. The van der Waals surface area contributed by atoms with Crippen LogP contribution in [-0.2, 0) is 0 Å². The Labute approximate surface area is 81.6 Å². The highest BCUT2D eigenvalue weighted by Crippen LogP contribution is 2.35. The van der Waals surface area contributed by atoms with Crippen LogP contribution in [0.15, 0.2) is 0 Å². The number of fused-ring (bicyclic) bond motifs is 1. The average Bonchev–Trinajstić information content (AvgIpc) is 2.51. The van der Waals surface area contributed by atoms with Crippen LogP contribution in [0.3, 0.4) is 0 Å². The Bertz CT molecular complexity index is 486. The molecule has 2 aromatic heterocycles. The zero-order valence-electron chi connectivity index (χ0n) is 6.70. The summed E-state index contributed by atoms with van der Waals surface area (Å²) in [6, 6.07) is 0. The minimum atomic E-state index is -0.897. The van der Waals surface area contributed by atoms with Crippen molar-refractivity contribution in [3.05, 3.63) is 10.4 Å². The number of anilines is 1. The number of aromatic carboxylic acids is 1. The minimum Gasteiger partial charge on any atom is -0.477 e. The Balaban J connectivity index is 2.76. The number of nitrogens with zero attached hydrogens (tertiary/aromatic N) is 1. The van der Waals surface area contributed by atoms with Crippen LogP contribution < -0.4 is 5.73 Å². The Hall–Kier alpha value is -1.14. The second-order valence-corrected chi connectivity index (χ2v) is 4.58. The summed E-state index contributed by atoms with van der Waals surface area (Å²) < 4.78 is 0.889. The van der Waals surface area contributed by atoms with Gasteiger partial charge in [-0.3, -0.25) is 0 Å². The lowest BCUT2D eigenvalue weighted by atomic mass is 10.3. The van der Waals surface area contributed by atoms with Crippen molar-refractivity contribution >= 4 is 43.3 Å². The zero-order valence-corrected chi connectivity index (χ0v) is 8.33. The number of rotatable bonds is 1. The molecule has 2 aromatic rings. The van der Waals surface area contributed by atoms with Gasteiger partial charge in [0.1, 0.15) is 9.71 Å². The van der Waals surface area contributed by atoms with Crippen LogP contribution in [0.4, 0.5) is 5.13 Å². The molecule has 3 N–H and O–H groups in total. The first kappa shape index (κ1) is 8.46. The van der Waals surface area contributed by atoms with E-state index in [1.807, 2.05) is 0 Å². The number of carboxylic acids is 1. The van der Waals surface area contributed by atoms with Gasteiger partial charge in [0, 0.05) is 0 Å². The molecule has 0 aromatic carbocycles. The summed E-state index contributed by atoms with van der Waals surface area (Å²) in [5, 5.41) is 9.30. The first-order valence-corrected chi connectivity index (χ1v) is 5.11. The molecule has 0 aliphatic rings. The monoisotopic (exact) mass is 214 g/mol. The molecule has 2 heterocycles. The molecule has 0 aliphatic heterocycles. The van der Waals surface area contributed by atoms with Crippen LogP contribution in [0.2, 0.25) is 0 Å². The predicted octanol–water partition coefficient (Wildman–Crippen LogP) is 1.95. The third-order valence-electron chi connectivity index (χ3n) is 1.69. The van der Waals surface area contributed by atoms with E-state index in [4.69, 9.17) is 10.8 Å². The fourth-order valence-electron chi connectivity index (χ4n) is 1.11. The van der Waals surface area contributed by atoms with Crippen molar-refractivity contribution in [3.63, 3.8) is 0 Å². The van der Waals surface area contributed by atoms with Gasteiger partial charge < -0.3 is 10.8 Å². The number of aryl methyl sites for hydroxylation is 1. The summed E-state index contributed by atoms with van der Waals surface area (Å²) >= 11 is 2.50. The van der Waals surface area contributed by atoms with Gasteiger partial charge in [-0.15, -0.1) is 11.3 Å². The van der Waals surface area contributed by atoms with Gasteiger partial charge in [-0.2, -0.15) is 0 Å². The maximum atomic E-state index is 10.7. The van der Waals surface area contributed by atoms with Gasteiger partial charge in [-0.1, -0.05) is 11.3 Å². The predicted molar refractivity (Wildman–Crippen MR) is 53.6 cm³/mol. The van der Waals surface area contributed by atoms with Crippen LogP contribution in [0.1, 0.15) is 15.2 Å². The smallest absolute Gasteiger partial charge is 0.346 e. The molecule has 6 heteroatoms. The molecule has 0 amide bonds. The van der Waals surface area contributed by atoms with Gasteiger partial charge in [-0.05, 0) is 12.5 Å². The van der Waals surface area contributed by atoms with E-state index in [0.717, 1.165) is 15.1 Å². The number of carbonyl (C=O) groups is 1. The van der Waals surface area contributed by atoms with Crippen LogP contribution in [-0.4, -0.2) is 16.1 Å². The highest BCUT2D eigenvalue weighted by Gasteiger charge is 2.16. The normalized spacial score (nSPS) is 10.8. The van der Waals surface area contributed by atoms with Gasteiger partial charge in [0.25, 0.3) is 0 Å². The summed E-state index contributed by atoms with van der Waals surface area (Å²) in [4.78, 5) is 15.8. The topological polar surface area (TPSA) is 76.2 Å². The standard InChI is InChI=1S/C7H6N2O2S2/c1-2-3-5(9-7(8)13-3)12-4(2)6(10)11/h1H3,(H2,8,9)(H,10,11). The summed E-state index contributed by atoms with van der Waals surface area (Å²) in [5.41, 5.74) is 6.26. The molecule has 0 saturated carbocycles. The highest BCUT2D eigenvalue weighted by molar-refractivity contribution is 7.30. The molecule has 0 aliphatic carbocycles. The number of nitrogens with two attached hydrogens (primary N) is 1. The van der Waals surface area contributed by atoms with Crippen molar-refractivity contribution in [3.8, 4) is 0 Å². The Morgan fingerprint density at radius 1 is 1.54 bits per heavy atom. The van der Waals surface area contributed by atoms with E-state index in [0.29, 0.717) is 10.0 Å². The second kappa shape index (κ2) is 2.68. The average molecular weight is 214 g/mol. The summed E-state index contributed by atoms with van der Waals surface area (Å²) in [6.45, 7) is 1.78. The lowest BCUT2D eigenvalue weighted by Crippen LogP contribution is -1.93. The van der Waals surface area contributed by atoms with Gasteiger partial charge in [-0.25, -0.2) is 9.78 Å². The molecule has 2 rings (SSSR count). The number of aromatic nitrogens is 1. The molecule has 0 spiro atoms. The Morgan fingerprint density at radius 2 is 2.23 bits per heavy atom. The first-order chi connectivity index (χ1) is 6.09. The number of hydrogen-bond acceptors (Lipinski definition) is 5. The summed E-state index contributed by atoms with van der Waals surface area (Å²) in [7, 11) is 0.